The summed E-state index contributed by atoms with van der Waals surface area (Å²) in [6.07, 6.45) is 1.74. The zero-order chi connectivity index (χ0) is 17.4. The van der Waals surface area contributed by atoms with E-state index < -0.39 is 13.7 Å². The third-order valence-electron chi connectivity index (χ3n) is 3.64. The Morgan fingerprint density at radius 1 is 1.17 bits per heavy atom. The summed E-state index contributed by atoms with van der Waals surface area (Å²) >= 11 is 0. The lowest BCUT2D eigenvalue weighted by Crippen LogP contribution is -2.29. The predicted octanol–water partition coefficient (Wildman–Crippen LogP) is 4.48. The van der Waals surface area contributed by atoms with E-state index in [9.17, 15) is 4.79 Å². The zero-order valence-corrected chi connectivity index (χ0v) is 15.6. The van der Waals surface area contributed by atoms with Crippen molar-refractivity contribution in [2.45, 2.75) is 38.9 Å². The molecule has 0 aliphatic carbocycles. The minimum atomic E-state index is -1.81. The molecule has 1 aromatic carbocycles. The van der Waals surface area contributed by atoms with Gasteiger partial charge < -0.3 is 13.6 Å². The molecule has 0 spiro atoms. The van der Waals surface area contributed by atoms with Crippen molar-refractivity contribution in [3.63, 3.8) is 0 Å². The van der Waals surface area contributed by atoms with E-state index >= 15 is 0 Å². The predicted molar refractivity (Wildman–Crippen MR) is 96.2 cm³/mol. The summed E-state index contributed by atoms with van der Waals surface area (Å²) in [6, 6.07) is 5.42. The maximum atomic E-state index is 12.3. The molecule has 0 bridgehead atoms. The van der Waals surface area contributed by atoms with E-state index in [1.54, 1.807) is 19.3 Å². The van der Waals surface area contributed by atoms with Crippen molar-refractivity contribution < 1.29 is 13.6 Å². The van der Waals surface area contributed by atoms with Gasteiger partial charge in [0, 0.05) is 22.4 Å². The Balaban J connectivity index is 2.68. The number of hydrogen-bond donors (Lipinski definition) is 0. The highest BCUT2D eigenvalue weighted by Crippen LogP contribution is 2.35. The number of ether oxygens (including phenoxy) is 1. The third kappa shape index (κ3) is 3.67. The summed E-state index contributed by atoms with van der Waals surface area (Å²) in [5.74, 6) is 1.24. The van der Waals surface area contributed by atoms with Crippen molar-refractivity contribution in [1.82, 2.24) is 0 Å². The van der Waals surface area contributed by atoms with E-state index in [0.717, 1.165) is 5.39 Å². The van der Waals surface area contributed by atoms with Gasteiger partial charge in [0.1, 0.15) is 11.3 Å². The first-order chi connectivity index (χ1) is 10.6. The Morgan fingerprint density at radius 3 is 2.35 bits per heavy atom. The van der Waals surface area contributed by atoms with Crippen LogP contribution in [0.4, 0.5) is 0 Å². The molecule has 1 aromatic heterocycles. The normalized spacial score (nSPS) is 12.3. The van der Waals surface area contributed by atoms with Crippen LogP contribution < -0.4 is 14.8 Å². The van der Waals surface area contributed by atoms with Gasteiger partial charge in [-0.3, -0.25) is 0 Å². The summed E-state index contributed by atoms with van der Waals surface area (Å²) in [4.78, 5) is 12.3. The van der Waals surface area contributed by atoms with Gasteiger partial charge in [-0.15, -0.1) is 6.58 Å². The highest BCUT2D eigenvalue weighted by Gasteiger charge is 2.24. The molecule has 124 valence electrons. The van der Waals surface area contributed by atoms with Crippen molar-refractivity contribution in [3.05, 3.63) is 46.8 Å². The fourth-order valence-corrected chi connectivity index (χ4v) is 3.07. The van der Waals surface area contributed by atoms with Gasteiger partial charge in [-0.05, 0) is 31.8 Å². The van der Waals surface area contributed by atoms with E-state index in [1.165, 1.54) is 0 Å². The number of fused-ring (bicyclic) bond motifs is 1. The molecule has 23 heavy (non-hydrogen) atoms. The lowest BCUT2D eigenvalue weighted by atomic mass is 9.85. The second-order valence-corrected chi connectivity index (χ2v) is 11.6. The van der Waals surface area contributed by atoms with Crippen molar-refractivity contribution >= 4 is 19.3 Å². The van der Waals surface area contributed by atoms with Crippen molar-refractivity contribution in [2.75, 3.05) is 7.11 Å². The fourth-order valence-electron chi connectivity index (χ4n) is 2.26. The average molecular weight is 332 g/mol. The molecule has 1 heterocycles. The van der Waals surface area contributed by atoms with Crippen molar-refractivity contribution in [2.24, 2.45) is 0 Å². The molecule has 0 radical (unpaired) electrons. The van der Waals surface area contributed by atoms with Crippen LogP contribution in [0, 0.1) is 0 Å². The number of hydrogen-bond acceptors (Lipinski definition) is 4. The Bertz CT molecular complexity index is 797. The van der Waals surface area contributed by atoms with Crippen LogP contribution in [0.2, 0.25) is 19.6 Å². The van der Waals surface area contributed by atoms with Crippen LogP contribution in [0.1, 0.15) is 19.4 Å². The fraction of sp³-hybridized carbons (Fsp3) is 0.389. The van der Waals surface area contributed by atoms with Crippen LogP contribution in [-0.2, 0) is 5.41 Å². The van der Waals surface area contributed by atoms with Gasteiger partial charge in [-0.1, -0.05) is 19.9 Å². The molecular formula is C18H24O4Si. The molecule has 0 fully saturated rings. The third-order valence-corrected chi connectivity index (χ3v) is 4.47. The van der Waals surface area contributed by atoms with Gasteiger partial charge >= 0.3 is 5.63 Å². The van der Waals surface area contributed by atoms with Crippen LogP contribution in [0.3, 0.4) is 0 Å². The molecule has 5 heteroatoms. The first-order valence-corrected chi connectivity index (χ1v) is 11.0. The Kier molecular flexibility index (Phi) is 4.44. The van der Waals surface area contributed by atoms with E-state index in [2.05, 4.69) is 26.2 Å². The Hall–Kier alpha value is -2.01. The van der Waals surface area contributed by atoms with Gasteiger partial charge in [-0.25, -0.2) is 4.79 Å². The molecule has 0 amide bonds. The minimum Gasteiger partial charge on any atom is -0.542 e. The Morgan fingerprint density at radius 2 is 1.83 bits per heavy atom. The lowest BCUT2D eigenvalue weighted by molar-refractivity contribution is 0.392. The van der Waals surface area contributed by atoms with E-state index in [-0.39, 0.29) is 5.63 Å². The maximum Gasteiger partial charge on any atom is 0.340 e. The lowest BCUT2D eigenvalue weighted by Gasteiger charge is -2.22. The zero-order valence-electron chi connectivity index (χ0n) is 14.6. The van der Waals surface area contributed by atoms with E-state index in [1.807, 2.05) is 26.0 Å². The molecule has 0 N–H and O–H groups in total. The topological polar surface area (TPSA) is 48.7 Å². The van der Waals surface area contributed by atoms with Crippen LogP contribution >= 0.6 is 0 Å². The molecule has 2 rings (SSSR count). The number of rotatable bonds is 5. The monoisotopic (exact) mass is 332 g/mol. The van der Waals surface area contributed by atoms with Crippen molar-refractivity contribution in [1.29, 1.82) is 0 Å². The number of benzene rings is 1. The highest BCUT2D eigenvalue weighted by molar-refractivity contribution is 6.70. The van der Waals surface area contributed by atoms with Gasteiger partial charge in [0.15, 0.2) is 5.75 Å². The summed E-state index contributed by atoms with van der Waals surface area (Å²) in [5, 5.41) is 0.800. The van der Waals surface area contributed by atoms with Gasteiger partial charge in [-0.2, -0.15) is 0 Å². The second kappa shape index (κ2) is 5.89. The molecule has 0 aliphatic heterocycles. The molecular weight excluding hydrogens is 308 g/mol. The van der Waals surface area contributed by atoms with Crippen molar-refractivity contribution in [3.8, 4) is 11.5 Å². The molecule has 0 unspecified atom stereocenters. The molecule has 2 aromatic rings. The van der Waals surface area contributed by atoms with Gasteiger partial charge in [0.25, 0.3) is 0 Å². The van der Waals surface area contributed by atoms with Crippen LogP contribution in [0.5, 0.6) is 11.5 Å². The van der Waals surface area contributed by atoms with Crippen LogP contribution in [0.25, 0.3) is 11.0 Å². The SMILES string of the molecule is C=CC(C)(C)c1cc2cc(OC)c(O[Si](C)(C)C)cc2oc1=O. The Labute approximate surface area is 137 Å². The van der Waals surface area contributed by atoms with Gasteiger partial charge in [0.05, 0.1) is 7.11 Å². The summed E-state index contributed by atoms with van der Waals surface area (Å²) < 4.78 is 17.0. The first kappa shape index (κ1) is 17.3. The maximum absolute atomic E-state index is 12.3. The van der Waals surface area contributed by atoms with E-state index in [4.69, 9.17) is 13.6 Å². The smallest absolute Gasteiger partial charge is 0.340 e. The highest BCUT2D eigenvalue weighted by atomic mass is 28.4. The average Bonchev–Trinajstić information content (AvgIpc) is 2.44. The van der Waals surface area contributed by atoms with E-state index in [0.29, 0.717) is 22.6 Å². The molecule has 0 aliphatic rings. The summed E-state index contributed by atoms with van der Waals surface area (Å²) in [5.41, 5.74) is 0.246. The minimum absolute atomic E-state index is 0.355. The molecule has 0 saturated heterocycles. The standard InChI is InChI=1S/C18H24O4Si/c1-8-18(2,3)13-9-12-10-15(20-4)16(22-23(5,6)7)11-14(12)21-17(13)19/h8-11H,1H2,2-7H3. The van der Waals surface area contributed by atoms with Gasteiger partial charge in [0.2, 0.25) is 8.32 Å². The summed E-state index contributed by atoms with van der Waals surface area (Å²) in [6.45, 7) is 13.9. The molecule has 4 nitrogen and oxygen atoms in total. The van der Waals surface area contributed by atoms with Crippen LogP contribution in [0.15, 0.2) is 40.1 Å². The second-order valence-electron chi connectivity index (χ2n) is 7.13. The quantitative estimate of drug-likeness (QED) is 0.460. The number of methoxy groups -OCH3 is 1. The molecule has 0 saturated carbocycles. The first-order valence-electron chi connectivity index (χ1n) is 7.56. The van der Waals surface area contributed by atoms with Crippen LogP contribution in [-0.4, -0.2) is 15.4 Å². The largest absolute Gasteiger partial charge is 0.542 e. The summed E-state index contributed by atoms with van der Waals surface area (Å²) in [7, 11) is -0.203. The molecule has 0 atom stereocenters. The number of allylic oxidation sites excluding steroid dienone is 1.